The average molecular weight is 529 g/mol. The Kier molecular flexibility index (Phi) is 9.41. The first kappa shape index (κ1) is 28.5. The number of methoxy groups -OCH3 is 1. The molecule has 1 saturated carbocycles. The van der Waals surface area contributed by atoms with Gasteiger partial charge in [-0.05, 0) is 75.6 Å². The van der Waals surface area contributed by atoms with Crippen LogP contribution in [0, 0.1) is 24.6 Å². The molecule has 1 amide bonds. The van der Waals surface area contributed by atoms with Gasteiger partial charge in [0.15, 0.2) is 11.6 Å². The maximum Gasteiger partial charge on any atom is 0.225 e. The lowest BCUT2D eigenvalue weighted by atomic mass is 9.73. The summed E-state index contributed by atoms with van der Waals surface area (Å²) in [5.41, 5.74) is 5.93. The summed E-state index contributed by atoms with van der Waals surface area (Å²) in [5.74, 6) is -0.696. The van der Waals surface area contributed by atoms with Gasteiger partial charge in [-0.1, -0.05) is 24.3 Å². The minimum Gasteiger partial charge on any atom is -0.454 e. The Morgan fingerprint density at radius 2 is 2.00 bits per heavy atom. The second kappa shape index (κ2) is 12.6. The number of hydrogen-bond donors (Lipinski definition) is 3. The molecule has 4 N–H and O–H groups in total. The maximum absolute atomic E-state index is 15.3. The second-order valence-electron chi connectivity index (χ2n) is 10.9. The Balaban J connectivity index is 1.64. The first-order valence-electron chi connectivity index (χ1n) is 13.7. The Labute approximate surface area is 224 Å². The highest BCUT2D eigenvalue weighted by Gasteiger charge is 2.45. The highest BCUT2D eigenvalue weighted by Crippen LogP contribution is 2.45. The minimum absolute atomic E-state index is 0.0145. The number of para-hydroxylation sites is 1. The molecule has 4 rings (SSSR count). The number of aliphatic hydroxyl groups excluding tert-OH is 1. The molecule has 38 heavy (non-hydrogen) atoms. The van der Waals surface area contributed by atoms with Gasteiger partial charge in [0, 0.05) is 50.2 Å². The van der Waals surface area contributed by atoms with Crippen LogP contribution >= 0.6 is 0 Å². The van der Waals surface area contributed by atoms with E-state index in [0.717, 1.165) is 18.4 Å². The summed E-state index contributed by atoms with van der Waals surface area (Å²) in [7, 11) is 1.64. The van der Waals surface area contributed by atoms with Crippen molar-refractivity contribution in [3.05, 3.63) is 59.4 Å². The van der Waals surface area contributed by atoms with Gasteiger partial charge in [-0.2, -0.15) is 0 Å². The molecule has 208 valence electrons. The molecule has 5 atom stereocenters. The van der Waals surface area contributed by atoms with Crippen LogP contribution in [0.4, 0.5) is 4.39 Å². The van der Waals surface area contributed by atoms with Gasteiger partial charge in [-0.3, -0.25) is 4.79 Å². The molecular weight excluding hydrogens is 487 g/mol. The third-order valence-corrected chi connectivity index (χ3v) is 8.13. The van der Waals surface area contributed by atoms with Gasteiger partial charge >= 0.3 is 0 Å². The molecule has 1 aliphatic heterocycles. The molecule has 0 spiro atoms. The summed E-state index contributed by atoms with van der Waals surface area (Å²) < 4.78 is 26.6. The normalized spacial score (nSPS) is 25.3. The predicted octanol–water partition coefficient (Wildman–Crippen LogP) is 4.27. The van der Waals surface area contributed by atoms with Crippen molar-refractivity contribution in [2.75, 3.05) is 26.8 Å². The van der Waals surface area contributed by atoms with Crippen molar-refractivity contribution in [3.63, 3.8) is 0 Å². The van der Waals surface area contributed by atoms with E-state index in [1.54, 1.807) is 30.2 Å². The molecule has 2 fully saturated rings. The molecule has 0 radical (unpaired) electrons. The van der Waals surface area contributed by atoms with Crippen molar-refractivity contribution < 1.29 is 28.9 Å². The van der Waals surface area contributed by atoms with Gasteiger partial charge in [-0.25, -0.2) is 4.39 Å². The first-order chi connectivity index (χ1) is 18.2. The molecule has 1 unspecified atom stereocenters. The SMILES string of the molecule is COCCCC[C@@](O)(c1cccc(F)c1Oc1cccc(C)c1)[C@@H]1CCCN(C(=O)C2C[C@@H](N)[C@@H](O)C2)C1. The smallest absolute Gasteiger partial charge is 0.225 e. The van der Waals surface area contributed by atoms with Gasteiger partial charge < -0.3 is 30.3 Å². The fraction of sp³-hybridized carbons (Fsp3) is 0.567. The van der Waals surface area contributed by atoms with Gasteiger partial charge in [-0.15, -0.1) is 0 Å². The number of hydrogen-bond acceptors (Lipinski definition) is 6. The van der Waals surface area contributed by atoms with Crippen LogP contribution in [0.3, 0.4) is 0 Å². The highest BCUT2D eigenvalue weighted by molar-refractivity contribution is 5.79. The minimum atomic E-state index is -1.42. The maximum atomic E-state index is 15.3. The van der Waals surface area contributed by atoms with E-state index >= 15 is 4.39 Å². The van der Waals surface area contributed by atoms with Crippen LogP contribution in [-0.4, -0.2) is 60.0 Å². The van der Waals surface area contributed by atoms with E-state index < -0.39 is 23.6 Å². The number of aryl methyl sites for hydroxylation is 1. The van der Waals surface area contributed by atoms with Gasteiger partial charge in [0.1, 0.15) is 5.75 Å². The first-order valence-corrected chi connectivity index (χ1v) is 13.7. The molecule has 8 heteroatoms. The molecule has 2 aliphatic rings. The van der Waals surface area contributed by atoms with Crippen LogP contribution in [-0.2, 0) is 15.1 Å². The molecular formula is C30H41FN2O5. The zero-order valence-corrected chi connectivity index (χ0v) is 22.4. The van der Waals surface area contributed by atoms with Crippen molar-refractivity contribution in [2.45, 2.75) is 69.6 Å². The molecule has 0 bridgehead atoms. The van der Waals surface area contributed by atoms with E-state index in [4.69, 9.17) is 15.2 Å². The van der Waals surface area contributed by atoms with Crippen molar-refractivity contribution in [1.82, 2.24) is 4.90 Å². The van der Waals surface area contributed by atoms with Crippen molar-refractivity contribution in [1.29, 1.82) is 0 Å². The van der Waals surface area contributed by atoms with Gasteiger partial charge in [0.05, 0.1) is 11.7 Å². The summed E-state index contributed by atoms with van der Waals surface area (Å²) in [6.07, 6.45) is 3.36. The van der Waals surface area contributed by atoms with Crippen molar-refractivity contribution in [2.24, 2.45) is 17.6 Å². The van der Waals surface area contributed by atoms with E-state index in [1.807, 2.05) is 25.1 Å². The number of carbonyl (C=O) groups is 1. The Morgan fingerprint density at radius 3 is 2.71 bits per heavy atom. The monoisotopic (exact) mass is 528 g/mol. The largest absolute Gasteiger partial charge is 0.454 e. The predicted molar refractivity (Wildman–Crippen MR) is 143 cm³/mol. The fourth-order valence-corrected chi connectivity index (χ4v) is 6.02. The number of unbranched alkanes of at least 4 members (excludes halogenated alkanes) is 1. The number of aliphatic hydroxyl groups is 2. The van der Waals surface area contributed by atoms with E-state index in [2.05, 4.69) is 0 Å². The molecule has 7 nitrogen and oxygen atoms in total. The number of piperidine rings is 1. The number of ether oxygens (including phenoxy) is 2. The quantitative estimate of drug-likeness (QED) is 0.398. The van der Waals surface area contributed by atoms with Gasteiger partial charge in [0.25, 0.3) is 0 Å². The summed E-state index contributed by atoms with van der Waals surface area (Å²) in [6.45, 7) is 3.44. The van der Waals surface area contributed by atoms with Gasteiger partial charge in [0.2, 0.25) is 5.91 Å². The average Bonchev–Trinajstić information content (AvgIpc) is 3.25. The van der Waals surface area contributed by atoms with Crippen LogP contribution in [0.1, 0.15) is 56.1 Å². The molecule has 1 aliphatic carbocycles. The lowest BCUT2D eigenvalue weighted by Crippen LogP contribution is -2.49. The summed E-state index contributed by atoms with van der Waals surface area (Å²) in [4.78, 5) is 15.2. The molecule has 1 heterocycles. The Morgan fingerprint density at radius 1 is 1.21 bits per heavy atom. The van der Waals surface area contributed by atoms with E-state index in [0.29, 0.717) is 63.1 Å². The highest BCUT2D eigenvalue weighted by atomic mass is 19.1. The number of rotatable bonds is 10. The van der Waals surface area contributed by atoms with Crippen LogP contribution in [0.15, 0.2) is 42.5 Å². The Bertz CT molecular complexity index is 1090. The lowest BCUT2D eigenvalue weighted by Gasteiger charge is -2.44. The summed E-state index contributed by atoms with van der Waals surface area (Å²) >= 11 is 0. The summed E-state index contributed by atoms with van der Waals surface area (Å²) in [6, 6.07) is 11.7. The van der Waals surface area contributed by atoms with Crippen LogP contribution in [0.2, 0.25) is 0 Å². The second-order valence-corrected chi connectivity index (χ2v) is 10.9. The molecule has 0 aromatic heterocycles. The van der Waals surface area contributed by atoms with E-state index in [9.17, 15) is 15.0 Å². The number of nitrogens with zero attached hydrogens (tertiary/aromatic N) is 1. The molecule has 2 aromatic rings. The zero-order chi connectivity index (χ0) is 27.3. The van der Waals surface area contributed by atoms with Crippen LogP contribution in [0.5, 0.6) is 11.5 Å². The van der Waals surface area contributed by atoms with E-state index in [1.165, 1.54) is 6.07 Å². The van der Waals surface area contributed by atoms with Crippen LogP contribution < -0.4 is 10.5 Å². The number of halogens is 1. The van der Waals surface area contributed by atoms with Crippen molar-refractivity contribution in [3.8, 4) is 11.5 Å². The number of carbonyl (C=O) groups excluding carboxylic acids is 1. The zero-order valence-electron chi connectivity index (χ0n) is 22.4. The number of benzene rings is 2. The topological polar surface area (TPSA) is 105 Å². The summed E-state index contributed by atoms with van der Waals surface area (Å²) in [5, 5.41) is 22.5. The van der Waals surface area contributed by atoms with E-state index in [-0.39, 0.29) is 23.5 Å². The molecule has 2 aromatic carbocycles. The fourth-order valence-electron chi connectivity index (χ4n) is 6.02. The number of amides is 1. The Hall–Kier alpha value is -2.52. The van der Waals surface area contributed by atoms with Crippen molar-refractivity contribution >= 4 is 5.91 Å². The number of nitrogens with two attached hydrogens (primary N) is 1. The third kappa shape index (κ3) is 6.37. The van der Waals surface area contributed by atoms with Crippen LogP contribution in [0.25, 0.3) is 0 Å². The third-order valence-electron chi connectivity index (χ3n) is 8.13. The molecule has 1 saturated heterocycles. The standard InChI is InChI=1S/C30H41FN2O5/c1-20-8-5-10-23(16-20)38-28-24(11-6-12-25(28)31)30(36,13-3-4-15-37-2)22-9-7-14-33(19-22)29(35)21-17-26(32)27(34)18-21/h5-6,8,10-12,16,21-22,26-27,34,36H,3-4,7,9,13-15,17-19,32H2,1-2H3/t21?,22-,26-,27+,30+/m1/s1. The lowest BCUT2D eigenvalue weighted by molar-refractivity contribution is -0.141. The number of likely N-dealkylation sites (tertiary alicyclic amines) is 1.